The van der Waals surface area contributed by atoms with Crippen LogP contribution in [0, 0.1) is 0 Å². The second kappa shape index (κ2) is 12.0. The van der Waals surface area contributed by atoms with Crippen molar-refractivity contribution in [2.24, 2.45) is 0 Å². The van der Waals surface area contributed by atoms with Gasteiger partial charge in [0.05, 0.1) is 33.4 Å². The molecule has 1 amide bonds. The lowest BCUT2D eigenvalue weighted by molar-refractivity contribution is -0.122. The summed E-state index contributed by atoms with van der Waals surface area (Å²) >= 11 is 12.0. The molecule has 13 heteroatoms. The topological polar surface area (TPSA) is 113 Å². The Morgan fingerprint density at radius 3 is 2.25 bits per heavy atom. The lowest BCUT2D eigenvalue weighted by Crippen LogP contribution is -2.50. The third kappa shape index (κ3) is 6.83. The Morgan fingerprint density at radius 2 is 1.69 bits per heavy atom. The molecule has 3 rings (SSSR count). The molecule has 1 unspecified atom stereocenters. The predicted octanol–water partition coefficient (Wildman–Crippen LogP) is 3.52. The van der Waals surface area contributed by atoms with Gasteiger partial charge in [0.2, 0.25) is 26.0 Å². The molecule has 1 aliphatic heterocycles. The predicted molar refractivity (Wildman–Crippen MR) is 141 cm³/mol. The van der Waals surface area contributed by atoms with E-state index in [0.717, 1.165) is 23.4 Å². The summed E-state index contributed by atoms with van der Waals surface area (Å²) < 4.78 is 58.4. The van der Waals surface area contributed by atoms with Crippen LogP contribution in [0.15, 0.2) is 47.4 Å². The van der Waals surface area contributed by atoms with E-state index in [4.69, 9.17) is 27.9 Å². The fraction of sp³-hybridized carbons (Fsp3) is 0.435. The number of benzene rings is 2. The Bertz CT molecular complexity index is 1280. The second-order valence-electron chi connectivity index (χ2n) is 8.30. The van der Waals surface area contributed by atoms with Gasteiger partial charge in [0.1, 0.15) is 18.4 Å². The molecule has 0 saturated carbocycles. The van der Waals surface area contributed by atoms with Crippen LogP contribution in [0.3, 0.4) is 0 Å². The minimum absolute atomic E-state index is 0.103. The summed E-state index contributed by atoms with van der Waals surface area (Å²) in [5.74, 6) is -0.0464. The van der Waals surface area contributed by atoms with Crippen molar-refractivity contribution in [3.05, 3.63) is 52.5 Å². The molecule has 1 atom stereocenters. The molecule has 36 heavy (non-hydrogen) atoms. The van der Waals surface area contributed by atoms with E-state index < -0.39 is 32.0 Å². The average Bonchev–Trinajstić information content (AvgIpc) is 3.37. The zero-order valence-electron chi connectivity index (χ0n) is 20.0. The summed E-state index contributed by atoms with van der Waals surface area (Å²) in [5.41, 5.74) is 0.231. The van der Waals surface area contributed by atoms with Crippen LogP contribution in [-0.2, 0) is 24.8 Å². The highest BCUT2D eigenvalue weighted by molar-refractivity contribution is 7.92. The number of carbonyl (C=O) groups excluding carboxylic acids is 1. The number of ether oxygens (including phenoxy) is 1. The quantitative estimate of drug-likeness (QED) is 0.409. The van der Waals surface area contributed by atoms with Gasteiger partial charge in [-0.3, -0.25) is 9.10 Å². The minimum Gasteiger partial charge on any atom is -0.492 e. The number of nitrogens with one attached hydrogen (secondary N) is 1. The van der Waals surface area contributed by atoms with Gasteiger partial charge in [-0.25, -0.2) is 16.8 Å². The van der Waals surface area contributed by atoms with Crippen molar-refractivity contribution in [2.45, 2.75) is 37.1 Å². The molecular weight excluding hydrogens is 549 g/mol. The Balaban J connectivity index is 1.59. The summed E-state index contributed by atoms with van der Waals surface area (Å²) in [4.78, 5) is 13.1. The van der Waals surface area contributed by atoms with Crippen LogP contribution in [0.1, 0.15) is 26.2 Å². The first-order chi connectivity index (χ1) is 16.9. The van der Waals surface area contributed by atoms with Gasteiger partial charge < -0.3 is 10.1 Å². The SMILES string of the molecule is CCC(C(=O)NCCOc1ccc(S(=O)(=O)N2CCCC2)cc1)N(c1ccc(Cl)c(Cl)c1)S(C)(=O)=O. The summed E-state index contributed by atoms with van der Waals surface area (Å²) in [7, 11) is -7.31. The first-order valence-electron chi connectivity index (χ1n) is 11.4. The second-order valence-corrected chi connectivity index (χ2v) is 12.9. The van der Waals surface area contributed by atoms with Gasteiger partial charge in [-0.1, -0.05) is 30.1 Å². The maximum absolute atomic E-state index is 12.9. The molecule has 1 fully saturated rings. The number of hydrogen-bond donors (Lipinski definition) is 1. The van der Waals surface area contributed by atoms with Gasteiger partial charge in [0.15, 0.2) is 0 Å². The zero-order valence-corrected chi connectivity index (χ0v) is 23.1. The maximum Gasteiger partial charge on any atom is 0.244 e. The van der Waals surface area contributed by atoms with Crippen LogP contribution in [-0.4, -0.2) is 65.6 Å². The standard InChI is InChI=1S/C23H29Cl2N3O6S2/c1-3-22(28(35(2,30)31)17-6-11-20(24)21(25)16-17)23(29)26-12-15-34-18-7-9-19(10-8-18)36(32,33)27-13-4-5-14-27/h6-11,16,22H,3-5,12-15H2,1-2H3,(H,26,29). The van der Waals surface area contributed by atoms with E-state index in [1.54, 1.807) is 19.1 Å². The van der Waals surface area contributed by atoms with Crippen LogP contribution in [0.2, 0.25) is 10.0 Å². The zero-order chi connectivity index (χ0) is 26.5. The van der Waals surface area contributed by atoms with Crippen LogP contribution >= 0.6 is 23.2 Å². The summed E-state index contributed by atoms with van der Waals surface area (Å²) in [6.45, 7) is 2.98. The van der Waals surface area contributed by atoms with Crippen molar-refractivity contribution in [1.29, 1.82) is 0 Å². The first-order valence-corrected chi connectivity index (χ1v) is 15.4. The number of nitrogens with zero attached hydrogens (tertiary/aromatic N) is 2. The molecule has 2 aromatic rings. The van der Waals surface area contributed by atoms with E-state index in [-0.39, 0.29) is 40.2 Å². The summed E-state index contributed by atoms with van der Waals surface area (Å²) in [6, 6.07) is 9.47. The van der Waals surface area contributed by atoms with Crippen LogP contribution in [0.4, 0.5) is 5.69 Å². The number of carbonyl (C=O) groups is 1. The Morgan fingerprint density at radius 1 is 1.06 bits per heavy atom. The van der Waals surface area contributed by atoms with Gasteiger partial charge in [-0.2, -0.15) is 4.31 Å². The van der Waals surface area contributed by atoms with Crippen molar-refractivity contribution in [1.82, 2.24) is 9.62 Å². The van der Waals surface area contributed by atoms with Crippen molar-refractivity contribution < 1.29 is 26.4 Å². The molecule has 1 aliphatic rings. The number of hydrogen-bond acceptors (Lipinski definition) is 6. The minimum atomic E-state index is -3.81. The molecule has 0 bridgehead atoms. The Labute approximate surface area is 222 Å². The first kappa shape index (κ1) is 28.5. The van der Waals surface area contributed by atoms with Gasteiger partial charge in [-0.15, -0.1) is 0 Å². The van der Waals surface area contributed by atoms with Crippen molar-refractivity contribution in [3.8, 4) is 5.75 Å². The van der Waals surface area contributed by atoms with Gasteiger partial charge >= 0.3 is 0 Å². The van der Waals surface area contributed by atoms with Crippen molar-refractivity contribution in [2.75, 3.05) is 36.8 Å². The van der Waals surface area contributed by atoms with E-state index in [1.165, 1.54) is 34.6 Å². The highest BCUT2D eigenvalue weighted by Gasteiger charge is 2.32. The van der Waals surface area contributed by atoms with E-state index in [9.17, 15) is 21.6 Å². The fourth-order valence-corrected chi connectivity index (χ4v) is 6.94. The van der Waals surface area contributed by atoms with Gasteiger partial charge in [0.25, 0.3) is 0 Å². The lowest BCUT2D eigenvalue weighted by Gasteiger charge is -2.30. The molecule has 0 aliphatic carbocycles. The molecule has 1 saturated heterocycles. The molecular formula is C23H29Cl2N3O6S2. The average molecular weight is 579 g/mol. The molecule has 9 nitrogen and oxygen atoms in total. The molecule has 198 valence electrons. The van der Waals surface area contributed by atoms with E-state index in [2.05, 4.69) is 5.32 Å². The highest BCUT2D eigenvalue weighted by atomic mass is 35.5. The number of rotatable bonds is 11. The van der Waals surface area contributed by atoms with E-state index in [0.29, 0.717) is 18.8 Å². The van der Waals surface area contributed by atoms with E-state index >= 15 is 0 Å². The number of sulfonamides is 2. The lowest BCUT2D eigenvalue weighted by atomic mass is 10.2. The van der Waals surface area contributed by atoms with Crippen LogP contribution in [0.5, 0.6) is 5.75 Å². The van der Waals surface area contributed by atoms with Gasteiger partial charge in [-0.05, 0) is 61.7 Å². The summed E-state index contributed by atoms with van der Waals surface area (Å²) in [5, 5.41) is 3.13. The van der Waals surface area contributed by atoms with Gasteiger partial charge in [0, 0.05) is 13.1 Å². The number of anilines is 1. The van der Waals surface area contributed by atoms with Crippen LogP contribution < -0.4 is 14.4 Å². The Hall–Kier alpha value is -2.05. The van der Waals surface area contributed by atoms with Crippen molar-refractivity contribution >= 4 is 54.8 Å². The smallest absolute Gasteiger partial charge is 0.244 e. The summed E-state index contributed by atoms with van der Waals surface area (Å²) in [6.07, 6.45) is 2.95. The number of amides is 1. The monoisotopic (exact) mass is 577 g/mol. The molecule has 0 aromatic heterocycles. The molecule has 1 N–H and O–H groups in total. The third-order valence-corrected chi connectivity index (χ3v) is 9.52. The molecule has 1 heterocycles. The largest absolute Gasteiger partial charge is 0.492 e. The molecule has 0 spiro atoms. The molecule has 0 radical (unpaired) electrons. The third-order valence-electron chi connectivity index (χ3n) is 5.68. The number of halogens is 2. The molecule has 2 aromatic carbocycles. The van der Waals surface area contributed by atoms with E-state index in [1.807, 2.05) is 0 Å². The highest BCUT2D eigenvalue weighted by Crippen LogP contribution is 2.30. The fourth-order valence-electron chi connectivity index (χ4n) is 3.93. The van der Waals surface area contributed by atoms with Crippen molar-refractivity contribution in [3.63, 3.8) is 0 Å². The Kier molecular flexibility index (Phi) is 9.50. The maximum atomic E-state index is 12.9. The van der Waals surface area contributed by atoms with Crippen LogP contribution in [0.25, 0.3) is 0 Å². The normalized spacial score (nSPS) is 15.4.